The molecule has 12 heavy (non-hydrogen) atoms. The van der Waals surface area contributed by atoms with Crippen molar-refractivity contribution in [1.29, 1.82) is 0 Å². The first-order chi connectivity index (χ1) is 5.59. The van der Waals surface area contributed by atoms with Gasteiger partial charge in [-0.25, -0.2) is 0 Å². The third-order valence-electron chi connectivity index (χ3n) is 1.28. The topological polar surface area (TPSA) is 40.5 Å². The van der Waals surface area contributed by atoms with Crippen LogP contribution in [0.3, 0.4) is 0 Å². The van der Waals surface area contributed by atoms with Crippen LogP contribution in [0, 0.1) is 0 Å². The number of rotatable bonds is 1. The van der Waals surface area contributed by atoms with E-state index in [0.29, 0.717) is 0 Å². The second-order valence-electron chi connectivity index (χ2n) is 2.18. The SMILES string of the molecule is Oc1ccc(C=C(Br)Br)cc1O. The Kier molecular flexibility index (Phi) is 3.17. The van der Waals surface area contributed by atoms with Gasteiger partial charge >= 0.3 is 0 Å². The van der Waals surface area contributed by atoms with Gasteiger partial charge in [0.2, 0.25) is 0 Å². The van der Waals surface area contributed by atoms with E-state index in [0.717, 1.165) is 8.96 Å². The van der Waals surface area contributed by atoms with Gasteiger partial charge in [-0.15, -0.1) is 0 Å². The van der Waals surface area contributed by atoms with Crippen LogP contribution in [0.2, 0.25) is 0 Å². The van der Waals surface area contributed by atoms with E-state index >= 15 is 0 Å². The summed E-state index contributed by atoms with van der Waals surface area (Å²) in [5, 5.41) is 18.1. The molecule has 0 spiro atoms. The zero-order valence-electron chi connectivity index (χ0n) is 5.96. The first kappa shape index (κ1) is 9.61. The minimum atomic E-state index is -0.120. The molecular weight excluding hydrogens is 288 g/mol. The van der Waals surface area contributed by atoms with Crippen molar-refractivity contribution in [3.05, 3.63) is 27.2 Å². The van der Waals surface area contributed by atoms with Crippen molar-refractivity contribution in [1.82, 2.24) is 0 Å². The van der Waals surface area contributed by atoms with Crippen LogP contribution in [0.5, 0.6) is 11.5 Å². The molecule has 0 saturated heterocycles. The van der Waals surface area contributed by atoms with E-state index in [9.17, 15) is 0 Å². The first-order valence-corrected chi connectivity index (χ1v) is 4.73. The average Bonchev–Trinajstić information content (AvgIpc) is 1.96. The van der Waals surface area contributed by atoms with Crippen molar-refractivity contribution in [3.8, 4) is 11.5 Å². The predicted octanol–water partition coefficient (Wildman–Crippen LogP) is 3.19. The smallest absolute Gasteiger partial charge is 0.157 e. The quantitative estimate of drug-likeness (QED) is 0.781. The van der Waals surface area contributed by atoms with Crippen LogP contribution < -0.4 is 0 Å². The maximum Gasteiger partial charge on any atom is 0.157 e. The van der Waals surface area contributed by atoms with Crippen LogP contribution in [0.4, 0.5) is 0 Å². The second kappa shape index (κ2) is 3.96. The van der Waals surface area contributed by atoms with Crippen molar-refractivity contribution in [2.45, 2.75) is 0 Å². The van der Waals surface area contributed by atoms with Crippen LogP contribution >= 0.6 is 31.9 Å². The van der Waals surface area contributed by atoms with E-state index in [4.69, 9.17) is 10.2 Å². The van der Waals surface area contributed by atoms with Gasteiger partial charge in [-0.1, -0.05) is 6.07 Å². The van der Waals surface area contributed by atoms with Crippen molar-refractivity contribution in [2.24, 2.45) is 0 Å². The molecule has 2 N–H and O–H groups in total. The lowest BCUT2D eigenvalue weighted by molar-refractivity contribution is 0.403. The van der Waals surface area contributed by atoms with Gasteiger partial charge in [-0.2, -0.15) is 0 Å². The molecule has 0 aromatic heterocycles. The van der Waals surface area contributed by atoms with Gasteiger partial charge < -0.3 is 10.2 Å². The standard InChI is InChI=1S/C8H6Br2O2/c9-8(10)4-5-1-2-6(11)7(12)3-5/h1-4,11-12H. The highest BCUT2D eigenvalue weighted by atomic mass is 79.9. The molecule has 0 heterocycles. The molecule has 4 heteroatoms. The maximum absolute atomic E-state index is 9.10. The summed E-state index contributed by atoms with van der Waals surface area (Å²) in [6.45, 7) is 0. The zero-order valence-corrected chi connectivity index (χ0v) is 9.13. The van der Waals surface area contributed by atoms with Crippen molar-refractivity contribution >= 4 is 37.9 Å². The lowest BCUT2D eigenvalue weighted by atomic mass is 10.2. The summed E-state index contributed by atoms with van der Waals surface area (Å²) in [6.07, 6.45) is 1.76. The molecule has 0 aliphatic rings. The summed E-state index contributed by atoms with van der Waals surface area (Å²) in [7, 11) is 0. The number of halogens is 2. The fourth-order valence-electron chi connectivity index (χ4n) is 0.756. The Morgan fingerprint density at radius 3 is 2.33 bits per heavy atom. The van der Waals surface area contributed by atoms with Crippen molar-refractivity contribution in [2.75, 3.05) is 0 Å². The Hall–Kier alpha value is -0.480. The lowest BCUT2D eigenvalue weighted by Crippen LogP contribution is -1.72. The van der Waals surface area contributed by atoms with Gasteiger partial charge in [0.1, 0.15) is 0 Å². The maximum atomic E-state index is 9.10. The molecule has 0 unspecified atom stereocenters. The number of phenolic OH excluding ortho intramolecular Hbond substituents is 2. The Morgan fingerprint density at radius 1 is 1.17 bits per heavy atom. The van der Waals surface area contributed by atoms with Gasteiger partial charge in [-0.3, -0.25) is 0 Å². The molecule has 0 radical (unpaired) electrons. The Morgan fingerprint density at radius 2 is 1.83 bits per heavy atom. The van der Waals surface area contributed by atoms with Crippen LogP contribution in [-0.4, -0.2) is 10.2 Å². The Labute approximate surface area is 86.8 Å². The van der Waals surface area contributed by atoms with E-state index in [-0.39, 0.29) is 11.5 Å². The summed E-state index contributed by atoms with van der Waals surface area (Å²) in [6, 6.07) is 4.60. The molecule has 1 aromatic rings. The van der Waals surface area contributed by atoms with E-state index in [2.05, 4.69) is 31.9 Å². The van der Waals surface area contributed by atoms with Gasteiger partial charge in [0.05, 0.1) is 3.39 Å². The van der Waals surface area contributed by atoms with Gasteiger partial charge in [0, 0.05) is 0 Å². The normalized spacial score (nSPS) is 9.50. The second-order valence-corrected chi connectivity index (χ2v) is 4.95. The minimum absolute atomic E-state index is 0.113. The molecule has 0 amide bonds. The molecule has 0 fully saturated rings. The fraction of sp³-hybridized carbons (Fsp3) is 0. The molecule has 0 aliphatic heterocycles. The predicted molar refractivity (Wildman–Crippen MR) is 55.6 cm³/mol. The summed E-state index contributed by atoms with van der Waals surface area (Å²) >= 11 is 6.38. The van der Waals surface area contributed by atoms with Crippen LogP contribution in [0.1, 0.15) is 5.56 Å². The fourth-order valence-corrected chi connectivity index (χ4v) is 1.28. The van der Waals surface area contributed by atoms with Crippen LogP contribution in [0.15, 0.2) is 21.6 Å². The highest BCUT2D eigenvalue weighted by Gasteiger charge is 1.98. The van der Waals surface area contributed by atoms with Crippen molar-refractivity contribution < 1.29 is 10.2 Å². The number of hydrogen-bond donors (Lipinski definition) is 2. The van der Waals surface area contributed by atoms with E-state index < -0.39 is 0 Å². The van der Waals surface area contributed by atoms with Gasteiger partial charge in [0.15, 0.2) is 11.5 Å². The van der Waals surface area contributed by atoms with Crippen LogP contribution in [-0.2, 0) is 0 Å². The summed E-state index contributed by atoms with van der Waals surface area (Å²) < 4.78 is 0.778. The summed E-state index contributed by atoms with van der Waals surface area (Å²) in [5.74, 6) is -0.233. The Bertz CT molecular complexity index is 317. The van der Waals surface area contributed by atoms with E-state index in [1.54, 1.807) is 12.1 Å². The van der Waals surface area contributed by atoms with E-state index in [1.165, 1.54) is 12.1 Å². The monoisotopic (exact) mass is 292 g/mol. The summed E-state index contributed by atoms with van der Waals surface area (Å²) in [4.78, 5) is 0. The van der Waals surface area contributed by atoms with Gasteiger partial charge in [-0.05, 0) is 55.6 Å². The molecule has 1 rings (SSSR count). The third kappa shape index (κ3) is 2.53. The molecule has 0 aliphatic carbocycles. The Balaban J connectivity index is 3.05. The van der Waals surface area contributed by atoms with Crippen molar-refractivity contribution in [3.63, 3.8) is 0 Å². The molecule has 2 nitrogen and oxygen atoms in total. The number of benzene rings is 1. The van der Waals surface area contributed by atoms with E-state index in [1.807, 2.05) is 0 Å². The van der Waals surface area contributed by atoms with Crippen LogP contribution in [0.25, 0.3) is 6.08 Å². The molecule has 64 valence electrons. The zero-order chi connectivity index (χ0) is 9.14. The third-order valence-corrected chi connectivity index (χ3v) is 1.73. The number of aromatic hydroxyl groups is 2. The highest BCUT2D eigenvalue weighted by Crippen LogP contribution is 2.27. The molecule has 0 saturated carbocycles. The summed E-state index contributed by atoms with van der Waals surface area (Å²) in [5.41, 5.74) is 0.800. The highest BCUT2D eigenvalue weighted by molar-refractivity contribution is 9.28. The first-order valence-electron chi connectivity index (χ1n) is 3.14. The lowest BCUT2D eigenvalue weighted by Gasteiger charge is -1.98. The van der Waals surface area contributed by atoms with Gasteiger partial charge in [0.25, 0.3) is 0 Å². The molecule has 1 aromatic carbocycles. The molecule has 0 atom stereocenters. The molecule has 0 bridgehead atoms. The minimum Gasteiger partial charge on any atom is -0.504 e. The average molecular weight is 294 g/mol. The molecular formula is C8H6Br2O2. The number of hydrogen-bond acceptors (Lipinski definition) is 2. The largest absolute Gasteiger partial charge is 0.504 e. The number of phenols is 2.